The topological polar surface area (TPSA) is 116 Å². The summed E-state index contributed by atoms with van der Waals surface area (Å²) in [6, 6.07) is 6.43. The fourth-order valence-electron chi connectivity index (χ4n) is 1.77. The number of esters is 1. The summed E-state index contributed by atoms with van der Waals surface area (Å²) in [5, 5.41) is 20.1. The Labute approximate surface area is 127 Å². The Balaban J connectivity index is 2.80. The van der Waals surface area contributed by atoms with Crippen molar-refractivity contribution < 1.29 is 24.2 Å². The summed E-state index contributed by atoms with van der Waals surface area (Å²) < 4.78 is 4.84. The minimum atomic E-state index is -1.20. The molecule has 0 bridgehead atoms. The van der Waals surface area contributed by atoms with Crippen molar-refractivity contribution in [2.24, 2.45) is 5.92 Å². The molecule has 0 aromatic heterocycles. The van der Waals surface area contributed by atoms with Gasteiger partial charge in [0.05, 0.1) is 6.07 Å². The lowest BCUT2D eigenvalue weighted by molar-refractivity contribution is -0.140. The molecule has 22 heavy (non-hydrogen) atoms. The van der Waals surface area contributed by atoms with Gasteiger partial charge in [0.1, 0.15) is 11.8 Å². The second kappa shape index (κ2) is 7.78. The number of ether oxygens (including phenoxy) is 1. The quantitative estimate of drug-likeness (QED) is 0.605. The van der Waals surface area contributed by atoms with E-state index in [1.54, 1.807) is 6.92 Å². The molecule has 1 amide bonds. The van der Waals surface area contributed by atoms with E-state index < -0.39 is 29.8 Å². The maximum atomic E-state index is 12.0. The van der Waals surface area contributed by atoms with Crippen LogP contribution in [0.1, 0.15) is 30.6 Å². The summed E-state index contributed by atoms with van der Waals surface area (Å²) in [5.41, 5.74) is 0.228. The van der Waals surface area contributed by atoms with E-state index in [0.717, 1.165) is 0 Å². The number of carbonyl (C=O) groups is 3. The van der Waals surface area contributed by atoms with Gasteiger partial charge in [0.15, 0.2) is 0 Å². The lowest BCUT2D eigenvalue weighted by atomic mass is 9.98. The van der Waals surface area contributed by atoms with E-state index in [1.165, 1.54) is 31.2 Å². The van der Waals surface area contributed by atoms with Crippen LogP contribution in [0, 0.1) is 17.2 Å². The van der Waals surface area contributed by atoms with Gasteiger partial charge in [0, 0.05) is 24.8 Å². The van der Waals surface area contributed by atoms with Gasteiger partial charge in [-0.25, -0.2) is 4.79 Å². The normalized spacial score (nSPS) is 12.6. The van der Waals surface area contributed by atoms with Crippen LogP contribution in [0.3, 0.4) is 0 Å². The predicted octanol–water partition coefficient (Wildman–Crippen LogP) is 1.34. The van der Waals surface area contributed by atoms with Crippen molar-refractivity contribution >= 4 is 17.8 Å². The second-order valence-electron chi connectivity index (χ2n) is 4.75. The molecule has 1 aromatic rings. The van der Waals surface area contributed by atoms with Gasteiger partial charge >= 0.3 is 11.9 Å². The number of nitrogens with zero attached hydrogens (tertiary/aromatic N) is 1. The third kappa shape index (κ3) is 4.90. The van der Waals surface area contributed by atoms with Crippen LogP contribution >= 0.6 is 0 Å². The Morgan fingerprint density at radius 2 is 1.91 bits per heavy atom. The van der Waals surface area contributed by atoms with Gasteiger partial charge in [-0.1, -0.05) is 6.92 Å². The van der Waals surface area contributed by atoms with Crippen LogP contribution in [-0.4, -0.2) is 29.0 Å². The zero-order chi connectivity index (χ0) is 16.7. The predicted molar refractivity (Wildman–Crippen MR) is 76.0 cm³/mol. The van der Waals surface area contributed by atoms with Crippen molar-refractivity contribution in [3.05, 3.63) is 29.8 Å². The lowest BCUT2D eigenvalue weighted by Crippen LogP contribution is -2.45. The monoisotopic (exact) mass is 304 g/mol. The fourth-order valence-corrected chi connectivity index (χ4v) is 1.77. The van der Waals surface area contributed by atoms with E-state index in [9.17, 15) is 14.4 Å². The van der Waals surface area contributed by atoms with Gasteiger partial charge in [-0.3, -0.25) is 9.59 Å². The van der Waals surface area contributed by atoms with Crippen LogP contribution in [-0.2, 0) is 9.59 Å². The van der Waals surface area contributed by atoms with Gasteiger partial charge in [-0.05, 0) is 24.3 Å². The van der Waals surface area contributed by atoms with Crippen molar-refractivity contribution in [3.63, 3.8) is 0 Å². The van der Waals surface area contributed by atoms with Crippen LogP contribution in [0.4, 0.5) is 0 Å². The second-order valence-corrected chi connectivity index (χ2v) is 4.75. The summed E-state index contributed by atoms with van der Waals surface area (Å²) in [6.45, 7) is 2.83. The Hall–Kier alpha value is -2.88. The standard InChI is InChI=1S/C15H16N2O5/c1-9(7-8-16)13(15(20)21)17-14(19)11-3-5-12(6-4-11)22-10(2)18/h3-6,9,13H,7H2,1-2H3,(H,17,19)(H,20,21)/t9-,13+/m0/s1. The van der Waals surface area contributed by atoms with Crippen LogP contribution in [0.15, 0.2) is 24.3 Å². The first-order valence-electron chi connectivity index (χ1n) is 6.54. The zero-order valence-electron chi connectivity index (χ0n) is 12.2. The van der Waals surface area contributed by atoms with Crippen molar-refractivity contribution in [2.75, 3.05) is 0 Å². The lowest BCUT2D eigenvalue weighted by Gasteiger charge is -2.19. The number of hydrogen-bond donors (Lipinski definition) is 2. The first-order chi connectivity index (χ1) is 10.3. The number of nitrogens with one attached hydrogen (secondary N) is 1. The molecule has 0 saturated carbocycles. The van der Waals surface area contributed by atoms with Gasteiger partial charge in [0.2, 0.25) is 0 Å². The Morgan fingerprint density at radius 3 is 2.36 bits per heavy atom. The van der Waals surface area contributed by atoms with Crippen molar-refractivity contribution in [2.45, 2.75) is 26.3 Å². The molecule has 7 nitrogen and oxygen atoms in total. The highest BCUT2D eigenvalue weighted by Gasteiger charge is 2.26. The van der Waals surface area contributed by atoms with Crippen molar-refractivity contribution in [3.8, 4) is 11.8 Å². The summed E-state index contributed by atoms with van der Waals surface area (Å²) in [6.07, 6.45) is 0.0165. The molecule has 0 spiro atoms. The summed E-state index contributed by atoms with van der Waals surface area (Å²) in [5.74, 6) is -2.49. The smallest absolute Gasteiger partial charge is 0.326 e. The Bertz CT molecular complexity index is 603. The summed E-state index contributed by atoms with van der Waals surface area (Å²) >= 11 is 0. The van der Waals surface area contributed by atoms with E-state index in [1.807, 2.05) is 6.07 Å². The number of rotatable bonds is 6. The van der Waals surface area contributed by atoms with Crippen LogP contribution < -0.4 is 10.1 Å². The summed E-state index contributed by atoms with van der Waals surface area (Å²) in [4.78, 5) is 34.0. The van der Waals surface area contributed by atoms with E-state index in [-0.39, 0.29) is 17.7 Å². The number of carbonyl (C=O) groups excluding carboxylic acids is 2. The molecule has 2 atom stereocenters. The van der Waals surface area contributed by atoms with Crippen molar-refractivity contribution in [1.29, 1.82) is 5.26 Å². The molecule has 2 N–H and O–H groups in total. The van der Waals surface area contributed by atoms with Crippen molar-refractivity contribution in [1.82, 2.24) is 5.32 Å². The van der Waals surface area contributed by atoms with Gasteiger partial charge in [-0.2, -0.15) is 5.26 Å². The molecule has 0 unspecified atom stereocenters. The van der Waals surface area contributed by atoms with Gasteiger partial charge < -0.3 is 15.2 Å². The van der Waals surface area contributed by atoms with E-state index >= 15 is 0 Å². The number of carboxylic acids is 1. The molecule has 0 aliphatic rings. The number of carboxylic acid groups (broad SMARTS) is 1. The van der Waals surface area contributed by atoms with E-state index in [0.29, 0.717) is 0 Å². The van der Waals surface area contributed by atoms with E-state index in [2.05, 4.69) is 5.32 Å². The average molecular weight is 304 g/mol. The molecule has 0 fully saturated rings. The van der Waals surface area contributed by atoms with E-state index in [4.69, 9.17) is 15.1 Å². The first-order valence-corrected chi connectivity index (χ1v) is 6.54. The fraction of sp³-hybridized carbons (Fsp3) is 0.333. The number of benzene rings is 1. The summed E-state index contributed by atoms with van der Waals surface area (Å²) in [7, 11) is 0. The largest absolute Gasteiger partial charge is 0.480 e. The van der Waals surface area contributed by atoms with Crippen LogP contribution in [0.5, 0.6) is 5.75 Å². The third-order valence-corrected chi connectivity index (χ3v) is 2.91. The highest BCUT2D eigenvalue weighted by molar-refractivity contribution is 5.96. The molecule has 1 rings (SSSR count). The molecule has 116 valence electrons. The molecular weight excluding hydrogens is 288 g/mol. The number of nitriles is 1. The highest BCUT2D eigenvalue weighted by atomic mass is 16.5. The molecular formula is C15H16N2O5. The molecule has 7 heteroatoms. The molecule has 1 aromatic carbocycles. The number of aliphatic carboxylic acids is 1. The minimum Gasteiger partial charge on any atom is -0.480 e. The molecule has 0 saturated heterocycles. The zero-order valence-corrected chi connectivity index (χ0v) is 12.2. The molecule has 0 aliphatic heterocycles. The number of hydrogen-bond acceptors (Lipinski definition) is 5. The van der Waals surface area contributed by atoms with Crippen LogP contribution in [0.25, 0.3) is 0 Å². The Kier molecular flexibility index (Phi) is 6.08. The maximum Gasteiger partial charge on any atom is 0.326 e. The molecule has 0 radical (unpaired) electrons. The Morgan fingerprint density at radius 1 is 1.32 bits per heavy atom. The minimum absolute atomic E-state index is 0.0165. The third-order valence-electron chi connectivity index (χ3n) is 2.91. The maximum absolute atomic E-state index is 12.0. The SMILES string of the molecule is CC(=O)Oc1ccc(C(=O)N[C@@H](C(=O)O)[C@@H](C)CC#N)cc1. The van der Waals surface area contributed by atoms with Crippen LogP contribution in [0.2, 0.25) is 0 Å². The molecule has 0 heterocycles. The first kappa shape index (κ1) is 17.2. The molecule has 0 aliphatic carbocycles. The van der Waals surface area contributed by atoms with Gasteiger partial charge in [0.25, 0.3) is 5.91 Å². The highest BCUT2D eigenvalue weighted by Crippen LogP contribution is 2.14. The number of amides is 1. The van der Waals surface area contributed by atoms with Gasteiger partial charge in [-0.15, -0.1) is 0 Å². The average Bonchev–Trinajstić information content (AvgIpc) is 2.44.